The average Bonchev–Trinajstić information content (AvgIpc) is 2.42. The number of ether oxygens (including phenoxy) is 2. The molecule has 0 aliphatic heterocycles. The molecule has 19 heavy (non-hydrogen) atoms. The van der Waals surface area contributed by atoms with Crippen molar-refractivity contribution in [3.63, 3.8) is 0 Å². The van der Waals surface area contributed by atoms with E-state index in [9.17, 15) is 0 Å². The fourth-order valence-corrected chi connectivity index (χ4v) is 1.53. The van der Waals surface area contributed by atoms with E-state index in [-0.39, 0.29) is 0 Å². The smallest absolute Gasteiger partial charge is 0.191 e. The molecular formula is C14H31N3O2. The first kappa shape index (κ1) is 18.2. The van der Waals surface area contributed by atoms with Gasteiger partial charge in [0.2, 0.25) is 0 Å². The molecule has 0 saturated carbocycles. The van der Waals surface area contributed by atoms with Gasteiger partial charge in [0.1, 0.15) is 0 Å². The molecule has 0 aliphatic carbocycles. The summed E-state index contributed by atoms with van der Waals surface area (Å²) in [5.74, 6) is 0.912. The number of aliphatic imine (C=N–C) groups is 1. The molecule has 0 fully saturated rings. The van der Waals surface area contributed by atoms with Gasteiger partial charge in [-0.1, -0.05) is 19.8 Å². The van der Waals surface area contributed by atoms with Crippen molar-refractivity contribution in [3.05, 3.63) is 0 Å². The normalized spacial score (nSPS) is 11.6. The van der Waals surface area contributed by atoms with Crippen molar-refractivity contribution in [1.82, 2.24) is 10.6 Å². The second kappa shape index (κ2) is 15.2. The highest BCUT2D eigenvalue weighted by Crippen LogP contribution is 1.91. The van der Waals surface area contributed by atoms with Gasteiger partial charge in [-0.25, -0.2) is 0 Å². The Hall–Kier alpha value is -0.810. The van der Waals surface area contributed by atoms with Gasteiger partial charge in [0.05, 0.1) is 13.2 Å². The van der Waals surface area contributed by atoms with Gasteiger partial charge in [-0.3, -0.25) is 4.99 Å². The summed E-state index contributed by atoms with van der Waals surface area (Å²) >= 11 is 0. The van der Waals surface area contributed by atoms with Gasteiger partial charge < -0.3 is 20.1 Å². The first-order valence-electron chi connectivity index (χ1n) is 7.44. The second-order valence-electron chi connectivity index (χ2n) is 4.35. The molecule has 5 heteroatoms. The number of rotatable bonds is 12. The van der Waals surface area contributed by atoms with E-state index in [4.69, 9.17) is 9.47 Å². The van der Waals surface area contributed by atoms with Crippen LogP contribution in [-0.2, 0) is 9.47 Å². The van der Waals surface area contributed by atoms with Crippen molar-refractivity contribution < 1.29 is 9.47 Å². The molecule has 0 aromatic carbocycles. The minimum atomic E-state index is 0.658. The van der Waals surface area contributed by atoms with Crippen molar-refractivity contribution >= 4 is 5.96 Å². The number of nitrogens with one attached hydrogen (secondary N) is 2. The molecule has 0 heterocycles. The van der Waals surface area contributed by atoms with Gasteiger partial charge in [0.15, 0.2) is 5.96 Å². The third-order valence-electron chi connectivity index (χ3n) is 2.57. The SMILES string of the molecule is CCCCCNC(=NCCCOCCOC)NCC. The molecule has 0 aliphatic rings. The van der Waals surface area contributed by atoms with E-state index in [1.807, 2.05) is 0 Å². The minimum Gasteiger partial charge on any atom is -0.382 e. The molecule has 0 aromatic rings. The van der Waals surface area contributed by atoms with Crippen LogP contribution in [0, 0.1) is 0 Å². The third-order valence-corrected chi connectivity index (χ3v) is 2.57. The Bertz CT molecular complexity index is 211. The van der Waals surface area contributed by atoms with Crippen LogP contribution in [0.2, 0.25) is 0 Å². The quantitative estimate of drug-likeness (QED) is 0.323. The van der Waals surface area contributed by atoms with Crippen LogP contribution in [0.15, 0.2) is 4.99 Å². The Kier molecular flexibility index (Phi) is 14.6. The molecular weight excluding hydrogens is 242 g/mol. The van der Waals surface area contributed by atoms with E-state index in [0.29, 0.717) is 13.2 Å². The molecule has 0 aromatic heterocycles. The predicted octanol–water partition coefficient (Wildman–Crippen LogP) is 1.78. The summed E-state index contributed by atoms with van der Waals surface area (Å²) in [6.45, 7) is 9.02. The van der Waals surface area contributed by atoms with Gasteiger partial charge in [-0.05, 0) is 19.8 Å². The van der Waals surface area contributed by atoms with Crippen molar-refractivity contribution in [2.24, 2.45) is 4.99 Å². The topological polar surface area (TPSA) is 54.9 Å². The summed E-state index contributed by atoms with van der Waals surface area (Å²) in [6, 6.07) is 0. The second-order valence-corrected chi connectivity index (χ2v) is 4.35. The van der Waals surface area contributed by atoms with E-state index < -0.39 is 0 Å². The lowest BCUT2D eigenvalue weighted by Crippen LogP contribution is -2.37. The van der Waals surface area contributed by atoms with Gasteiger partial charge in [-0.2, -0.15) is 0 Å². The molecule has 5 nitrogen and oxygen atoms in total. The van der Waals surface area contributed by atoms with E-state index >= 15 is 0 Å². The highest BCUT2D eigenvalue weighted by Gasteiger charge is 1.96. The number of unbranched alkanes of at least 4 members (excludes halogenated alkanes) is 2. The molecule has 2 N–H and O–H groups in total. The van der Waals surface area contributed by atoms with Crippen LogP contribution in [0.1, 0.15) is 39.5 Å². The summed E-state index contributed by atoms with van der Waals surface area (Å²) in [7, 11) is 1.68. The highest BCUT2D eigenvalue weighted by atomic mass is 16.5. The van der Waals surface area contributed by atoms with Crippen LogP contribution < -0.4 is 10.6 Å². The summed E-state index contributed by atoms with van der Waals surface area (Å²) in [4.78, 5) is 4.51. The molecule has 0 radical (unpaired) electrons. The van der Waals surface area contributed by atoms with Crippen molar-refractivity contribution in [2.45, 2.75) is 39.5 Å². The van der Waals surface area contributed by atoms with E-state index in [0.717, 1.165) is 38.6 Å². The molecule has 0 unspecified atom stereocenters. The predicted molar refractivity (Wildman–Crippen MR) is 80.8 cm³/mol. The lowest BCUT2D eigenvalue weighted by atomic mass is 10.2. The van der Waals surface area contributed by atoms with Gasteiger partial charge in [0, 0.05) is 33.4 Å². The van der Waals surface area contributed by atoms with Gasteiger partial charge in [-0.15, -0.1) is 0 Å². The zero-order valence-electron chi connectivity index (χ0n) is 12.8. The molecule has 0 amide bonds. The van der Waals surface area contributed by atoms with Crippen LogP contribution in [0.25, 0.3) is 0 Å². The van der Waals surface area contributed by atoms with Crippen LogP contribution in [-0.4, -0.2) is 52.5 Å². The zero-order valence-corrected chi connectivity index (χ0v) is 12.8. The van der Waals surface area contributed by atoms with Gasteiger partial charge >= 0.3 is 0 Å². The lowest BCUT2D eigenvalue weighted by Gasteiger charge is -2.11. The summed E-state index contributed by atoms with van der Waals surface area (Å²) in [5.41, 5.74) is 0. The Labute approximate surface area is 118 Å². The minimum absolute atomic E-state index is 0.658. The van der Waals surface area contributed by atoms with E-state index in [1.54, 1.807) is 7.11 Å². The lowest BCUT2D eigenvalue weighted by molar-refractivity contribution is 0.0702. The summed E-state index contributed by atoms with van der Waals surface area (Å²) < 4.78 is 10.3. The molecule has 0 rings (SSSR count). The Balaban J connectivity index is 3.61. The summed E-state index contributed by atoms with van der Waals surface area (Å²) in [5, 5.41) is 6.59. The maximum Gasteiger partial charge on any atom is 0.191 e. The van der Waals surface area contributed by atoms with E-state index in [1.165, 1.54) is 19.3 Å². The van der Waals surface area contributed by atoms with Crippen molar-refractivity contribution in [3.8, 4) is 0 Å². The average molecular weight is 273 g/mol. The Morgan fingerprint density at radius 3 is 2.53 bits per heavy atom. The Morgan fingerprint density at radius 1 is 1.00 bits per heavy atom. The fraction of sp³-hybridized carbons (Fsp3) is 0.929. The standard InChI is InChI=1S/C14H31N3O2/c1-4-6-7-9-16-14(15-5-2)17-10-8-11-19-13-12-18-3/h4-13H2,1-3H3,(H2,15,16,17). The van der Waals surface area contributed by atoms with Gasteiger partial charge in [0.25, 0.3) is 0 Å². The highest BCUT2D eigenvalue weighted by molar-refractivity contribution is 5.79. The fourth-order valence-electron chi connectivity index (χ4n) is 1.53. The molecule has 0 spiro atoms. The number of methoxy groups -OCH3 is 1. The van der Waals surface area contributed by atoms with Crippen LogP contribution in [0.3, 0.4) is 0 Å². The molecule has 0 atom stereocenters. The molecule has 0 bridgehead atoms. The number of nitrogens with zero attached hydrogens (tertiary/aromatic N) is 1. The van der Waals surface area contributed by atoms with E-state index in [2.05, 4.69) is 29.5 Å². The van der Waals surface area contributed by atoms with Crippen molar-refractivity contribution in [2.75, 3.05) is 46.6 Å². The number of hydrogen-bond donors (Lipinski definition) is 2. The van der Waals surface area contributed by atoms with Crippen molar-refractivity contribution in [1.29, 1.82) is 0 Å². The van der Waals surface area contributed by atoms with Crippen LogP contribution >= 0.6 is 0 Å². The molecule has 0 saturated heterocycles. The maximum absolute atomic E-state index is 5.39. The number of hydrogen-bond acceptors (Lipinski definition) is 3. The first-order valence-corrected chi connectivity index (χ1v) is 7.44. The molecule has 114 valence electrons. The maximum atomic E-state index is 5.39. The first-order chi connectivity index (χ1) is 9.35. The summed E-state index contributed by atoms with van der Waals surface area (Å²) in [6.07, 6.45) is 4.64. The van der Waals surface area contributed by atoms with Crippen LogP contribution in [0.4, 0.5) is 0 Å². The zero-order chi connectivity index (χ0) is 14.2. The third kappa shape index (κ3) is 13.4. The largest absolute Gasteiger partial charge is 0.382 e. The monoisotopic (exact) mass is 273 g/mol. The number of guanidine groups is 1. The Morgan fingerprint density at radius 2 is 1.84 bits per heavy atom. The van der Waals surface area contributed by atoms with Crippen LogP contribution in [0.5, 0.6) is 0 Å².